The van der Waals surface area contributed by atoms with E-state index in [2.05, 4.69) is 13.8 Å². The fraction of sp³-hybridized carbons (Fsp3) is 0.974. The molecule has 1 aliphatic rings. The van der Waals surface area contributed by atoms with Gasteiger partial charge in [-0.2, -0.15) is 0 Å². The Balaban J connectivity index is 2.01. The molecule has 0 spiro atoms. The van der Waals surface area contributed by atoms with E-state index in [1.807, 2.05) is 0 Å². The molecule has 244 valence electrons. The maximum Gasteiger partial charge on any atom is 0.306 e. The van der Waals surface area contributed by atoms with Crippen LogP contribution in [0.4, 0.5) is 0 Å². The Morgan fingerprint density at radius 1 is 0.561 bits per heavy atom. The third kappa shape index (κ3) is 26.8. The van der Waals surface area contributed by atoms with Crippen LogP contribution in [0.5, 0.6) is 0 Å². The molecule has 0 aromatic rings. The van der Waals surface area contributed by atoms with Gasteiger partial charge in [0.2, 0.25) is 0 Å². The van der Waals surface area contributed by atoms with Gasteiger partial charge in [-0.05, 0) is 44.9 Å². The van der Waals surface area contributed by atoms with E-state index in [9.17, 15) is 4.79 Å². The average molecular weight is 579 g/mol. The summed E-state index contributed by atoms with van der Waals surface area (Å²) in [6, 6.07) is 0. The summed E-state index contributed by atoms with van der Waals surface area (Å²) in [4.78, 5) is 12.6. The number of ether oxygens (including phenoxy) is 2. The Morgan fingerprint density at radius 3 is 1.32 bits per heavy atom. The van der Waals surface area contributed by atoms with Gasteiger partial charge in [0, 0.05) is 13.0 Å². The van der Waals surface area contributed by atoms with Gasteiger partial charge < -0.3 is 9.47 Å². The van der Waals surface area contributed by atoms with Gasteiger partial charge in [0.05, 0.1) is 6.10 Å². The fourth-order valence-corrected chi connectivity index (χ4v) is 6.27. The van der Waals surface area contributed by atoms with E-state index in [1.165, 1.54) is 167 Å². The molecular formula is C38H74O3. The number of rotatable bonds is 33. The summed E-state index contributed by atoms with van der Waals surface area (Å²) in [6.07, 6.45) is 42.1. The minimum Gasteiger partial charge on any atom is -0.462 e. The van der Waals surface area contributed by atoms with E-state index in [4.69, 9.17) is 9.47 Å². The van der Waals surface area contributed by atoms with Crippen LogP contribution < -0.4 is 0 Å². The fourth-order valence-electron chi connectivity index (χ4n) is 6.27. The van der Waals surface area contributed by atoms with Crippen molar-refractivity contribution in [2.75, 3.05) is 6.61 Å². The molecule has 1 aliphatic heterocycles. The minimum absolute atomic E-state index is 0.0488. The van der Waals surface area contributed by atoms with Crippen molar-refractivity contribution < 1.29 is 14.3 Å². The van der Waals surface area contributed by atoms with Crippen molar-refractivity contribution in [2.45, 2.75) is 232 Å². The number of hydrogen-bond donors (Lipinski definition) is 0. The lowest BCUT2D eigenvalue weighted by molar-refractivity contribution is -0.150. The molecule has 0 amide bonds. The highest BCUT2D eigenvalue weighted by Gasteiger charge is 2.19. The third-order valence-corrected chi connectivity index (χ3v) is 9.26. The minimum atomic E-state index is 0.0488. The zero-order valence-electron chi connectivity index (χ0n) is 28.2. The van der Waals surface area contributed by atoms with E-state index >= 15 is 0 Å². The van der Waals surface area contributed by atoms with Gasteiger partial charge in [0.25, 0.3) is 0 Å². The highest BCUT2D eigenvalue weighted by Crippen LogP contribution is 2.22. The van der Waals surface area contributed by atoms with Crippen molar-refractivity contribution in [3.05, 3.63) is 0 Å². The molecule has 1 rings (SSSR count). The Bertz CT molecular complexity index is 530. The van der Waals surface area contributed by atoms with Gasteiger partial charge >= 0.3 is 5.97 Å². The van der Waals surface area contributed by atoms with Gasteiger partial charge in [-0.15, -0.1) is 0 Å². The monoisotopic (exact) mass is 579 g/mol. The SMILES string of the molecule is CCCCCCCCCCCCCCCCCC(=O)OC(CCCCCCCCCCCCC)CCCC1CCO1. The first-order valence-corrected chi connectivity index (χ1v) is 19.1. The highest BCUT2D eigenvalue weighted by molar-refractivity contribution is 5.69. The van der Waals surface area contributed by atoms with E-state index in [1.54, 1.807) is 0 Å². The molecule has 0 saturated carbocycles. The summed E-state index contributed by atoms with van der Waals surface area (Å²) < 4.78 is 11.6. The van der Waals surface area contributed by atoms with E-state index in [-0.39, 0.29) is 12.1 Å². The molecule has 0 N–H and O–H groups in total. The largest absolute Gasteiger partial charge is 0.462 e. The predicted octanol–water partition coefficient (Wildman–Crippen LogP) is 12.8. The lowest BCUT2D eigenvalue weighted by Crippen LogP contribution is -2.27. The van der Waals surface area contributed by atoms with Crippen molar-refractivity contribution in [3.8, 4) is 0 Å². The average Bonchev–Trinajstić information content (AvgIpc) is 2.94. The maximum atomic E-state index is 12.6. The van der Waals surface area contributed by atoms with Crippen molar-refractivity contribution in [1.82, 2.24) is 0 Å². The van der Waals surface area contributed by atoms with Gasteiger partial charge in [-0.3, -0.25) is 4.79 Å². The molecule has 0 radical (unpaired) electrons. The van der Waals surface area contributed by atoms with Crippen molar-refractivity contribution >= 4 is 5.97 Å². The van der Waals surface area contributed by atoms with E-state index in [0.717, 1.165) is 38.7 Å². The predicted molar refractivity (Wildman–Crippen MR) is 179 cm³/mol. The summed E-state index contributed by atoms with van der Waals surface area (Å²) in [5.74, 6) is 0.0488. The number of hydrogen-bond acceptors (Lipinski definition) is 3. The van der Waals surface area contributed by atoms with Crippen LogP contribution in [-0.4, -0.2) is 24.8 Å². The molecule has 3 nitrogen and oxygen atoms in total. The number of carbonyl (C=O) groups is 1. The standard InChI is InChI=1S/C38H74O3/c1-3-5-7-9-11-13-15-16-17-18-20-22-24-26-28-33-38(39)41-37(32-29-31-36-34-35-40-36)30-27-25-23-21-19-14-12-10-8-6-4-2/h36-37H,3-35H2,1-2H3. The molecule has 41 heavy (non-hydrogen) atoms. The van der Waals surface area contributed by atoms with Gasteiger partial charge in [-0.25, -0.2) is 0 Å². The number of esters is 1. The summed E-state index contributed by atoms with van der Waals surface area (Å²) in [7, 11) is 0. The normalized spacial score (nSPS) is 15.6. The van der Waals surface area contributed by atoms with Crippen LogP contribution in [0.3, 0.4) is 0 Å². The Labute approximate surface area is 258 Å². The summed E-state index contributed by atoms with van der Waals surface area (Å²) in [6.45, 7) is 5.51. The van der Waals surface area contributed by atoms with Gasteiger partial charge in [0.1, 0.15) is 6.10 Å². The summed E-state index contributed by atoms with van der Waals surface area (Å²) in [5.41, 5.74) is 0. The molecule has 2 unspecified atom stereocenters. The lowest BCUT2D eigenvalue weighted by Gasteiger charge is -2.27. The number of unbranched alkanes of at least 4 members (excludes halogenated alkanes) is 24. The molecule has 1 fully saturated rings. The summed E-state index contributed by atoms with van der Waals surface area (Å²) in [5, 5.41) is 0. The maximum absolute atomic E-state index is 12.6. The van der Waals surface area contributed by atoms with Crippen LogP contribution >= 0.6 is 0 Å². The summed E-state index contributed by atoms with van der Waals surface area (Å²) >= 11 is 0. The quantitative estimate of drug-likeness (QED) is 0.0574. The Hall–Kier alpha value is -0.570. The first-order valence-electron chi connectivity index (χ1n) is 19.1. The van der Waals surface area contributed by atoms with E-state index < -0.39 is 0 Å². The second-order valence-corrected chi connectivity index (χ2v) is 13.3. The van der Waals surface area contributed by atoms with Crippen LogP contribution in [0.25, 0.3) is 0 Å². The van der Waals surface area contributed by atoms with Crippen LogP contribution in [0.15, 0.2) is 0 Å². The highest BCUT2D eigenvalue weighted by atomic mass is 16.5. The Kier molecular flexibility index (Phi) is 29.0. The zero-order valence-corrected chi connectivity index (χ0v) is 28.2. The van der Waals surface area contributed by atoms with Crippen molar-refractivity contribution in [3.63, 3.8) is 0 Å². The smallest absolute Gasteiger partial charge is 0.306 e. The first kappa shape index (κ1) is 38.5. The topological polar surface area (TPSA) is 35.5 Å². The first-order chi connectivity index (χ1) is 20.3. The number of carbonyl (C=O) groups excluding carboxylic acids is 1. The molecule has 0 bridgehead atoms. The molecule has 3 heteroatoms. The molecule has 1 heterocycles. The third-order valence-electron chi connectivity index (χ3n) is 9.26. The Morgan fingerprint density at radius 2 is 0.927 bits per heavy atom. The molecule has 0 aliphatic carbocycles. The van der Waals surface area contributed by atoms with Crippen LogP contribution in [0, 0.1) is 0 Å². The van der Waals surface area contributed by atoms with Gasteiger partial charge in [-0.1, -0.05) is 168 Å². The molecule has 0 aromatic carbocycles. The lowest BCUT2D eigenvalue weighted by atomic mass is 10.00. The van der Waals surface area contributed by atoms with Crippen LogP contribution in [0.2, 0.25) is 0 Å². The second-order valence-electron chi connectivity index (χ2n) is 13.3. The van der Waals surface area contributed by atoms with Crippen molar-refractivity contribution in [2.24, 2.45) is 0 Å². The second kappa shape index (κ2) is 30.9. The van der Waals surface area contributed by atoms with Crippen LogP contribution in [0.1, 0.15) is 219 Å². The van der Waals surface area contributed by atoms with Crippen molar-refractivity contribution in [1.29, 1.82) is 0 Å². The van der Waals surface area contributed by atoms with Gasteiger partial charge in [0.15, 0.2) is 0 Å². The molecule has 0 aromatic heterocycles. The molecular weight excluding hydrogens is 504 g/mol. The molecule has 2 atom stereocenters. The van der Waals surface area contributed by atoms with Crippen LogP contribution in [-0.2, 0) is 14.3 Å². The van der Waals surface area contributed by atoms with E-state index in [0.29, 0.717) is 12.5 Å². The molecule has 1 saturated heterocycles. The zero-order chi connectivity index (χ0) is 29.5.